The van der Waals surface area contributed by atoms with Crippen LogP contribution in [0.2, 0.25) is 0 Å². The summed E-state index contributed by atoms with van der Waals surface area (Å²) >= 11 is 0. The Kier molecular flexibility index (Phi) is 4.92. The van der Waals surface area contributed by atoms with Crippen LogP contribution in [0.3, 0.4) is 0 Å². The van der Waals surface area contributed by atoms with Crippen molar-refractivity contribution < 1.29 is 24.2 Å². The first-order valence-electron chi connectivity index (χ1n) is 5.48. The van der Waals surface area contributed by atoms with Crippen LogP contribution >= 0.6 is 0 Å². The number of aryl methyl sites for hydroxylation is 1. The second-order valence-corrected chi connectivity index (χ2v) is 3.75. The van der Waals surface area contributed by atoms with Crippen LogP contribution < -0.4 is 10.6 Å². The minimum atomic E-state index is -1.17. The fraction of sp³-hybridized carbons (Fsp3) is 0.364. The number of aromatic carboxylic acids is 1. The van der Waals surface area contributed by atoms with Gasteiger partial charge in [0.15, 0.2) is 0 Å². The van der Waals surface area contributed by atoms with Crippen molar-refractivity contribution in [1.29, 1.82) is 0 Å². The van der Waals surface area contributed by atoms with Crippen molar-refractivity contribution in [3.63, 3.8) is 0 Å². The van der Waals surface area contributed by atoms with E-state index in [0.717, 1.165) is 0 Å². The Hall–Kier alpha value is -2.51. The Labute approximate surface area is 109 Å². The molecule has 1 rings (SSSR count). The first-order valence-corrected chi connectivity index (χ1v) is 5.48. The van der Waals surface area contributed by atoms with Crippen molar-refractivity contribution in [2.45, 2.75) is 13.3 Å². The number of hydrogen-bond acceptors (Lipinski definition) is 4. The number of amides is 2. The second-order valence-electron chi connectivity index (χ2n) is 3.75. The van der Waals surface area contributed by atoms with Crippen molar-refractivity contribution in [3.05, 3.63) is 17.5 Å². The maximum atomic E-state index is 11.5. The zero-order valence-electron chi connectivity index (χ0n) is 10.6. The zero-order valence-corrected chi connectivity index (χ0v) is 10.6. The van der Waals surface area contributed by atoms with Gasteiger partial charge in [0.25, 0.3) is 0 Å². The Balaban J connectivity index is 2.53. The number of carboxylic acids is 1. The number of nitrogens with one attached hydrogen (secondary N) is 3. The lowest BCUT2D eigenvalue weighted by atomic mass is 10.3. The zero-order chi connectivity index (χ0) is 14.4. The van der Waals surface area contributed by atoms with Crippen molar-refractivity contribution >= 4 is 23.7 Å². The molecule has 1 aromatic heterocycles. The van der Waals surface area contributed by atoms with Crippen molar-refractivity contribution in [2.24, 2.45) is 0 Å². The first-order chi connectivity index (χ1) is 8.93. The summed E-state index contributed by atoms with van der Waals surface area (Å²) in [4.78, 5) is 35.8. The molecule has 19 heavy (non-hydrogen) atoms. The van der Waals surface area contributed by atoms with E-state index >= 15 is 0 Å². The van der Waals surface area contributed by atoms with Crippen molar-refractivity contribution in [2.75, 3.05) is 19.0 Å². The third kappa shape index (κ3) is 4.34. The number of H-pyrrole nitrogens is 1. The third-order valence-corrected chi connectivity index (χ3v) is 2.26. The summed E-state index contributed by atoms with van der Waals surface area (Å²) in [7, 11) is 1.25. The number of carbonyl (C=O) groups excluding carboxylic acids is 2. The molecule has 1 aromatic rings. The van der Waals surface area contributed by atoms with Gasteiger partial charge in [-0.15, -0.1) is 0 Å². The number of methoxy groups -OCH3 is 1. The van der Waals surface area contributed by atoms with E-state index in [4.69, 9.17) is 5.11 Å². The lowest BCUT2D eigenvalue weighted by Crippen LogP contribution is -2.31. The molecule has 0 radical (unpaired) electrons. The summed E-state index contributed by atoms with van der Waals surface area (Å²) < 4.78 is 4.41. The predicted molar refractivity (Wildman–Crippen MR) is 66.1 cm³/mol. The van der Waals surface area contributed by atoms with Crippen LogP contribution in [0.1, 0.15) is 22.6 Å². The van der Waals surface area contributed by atoms with E-state index in [0.29, 0.717) is 5.69 Å². The molecule has 0 aliphatic rings. The molecule has 0 saturated carbocycles. The highest BCUT2D eigenvalue weighted by Gasteiger charge is 2.15. The number of anilines is 1. The lowest BCUT2D eigenvalue weighted by molar-refractivity contribution is -0.140. The number of rotatable bonds is 5. The molecule has 0 aliphatic heterocycles. The van der Waals surface area contributed by atoms with Crippen LogP contribution in [0.5, 0.6) is 0 Å². The number of aromatic amines is 1. The summed E-state index contributed by atoms with van der Waals surface area (Å²) in [5, 5.41) is 13.7. The third-order valence-electron chi connectivity index (χ3n) is 2.26. The number of carboxylic acid groups (broad SMARTS) is 1. The number of aromatic nitrogens is 1. The number of carbonyl (C=O) groups is 3. The number of hydrogen-bond donors (Lipinski definition) is 4. The summed E-state index contributed by atoms with van der Waals surface area (Å²) in [5.74, 6) is -1.61. The highest BCUT2D eigenvalue weighted by atomic mass is 16.5. The van der Waals surface area contributed by atoms with Crippen LogP contribution in [0.15, 0.2) is 6.07 Å². The second kappa shape index (κ2) is 6.43. The monoisotopic (exact) mass is 269 g/mol. The van der Waals surface area contributed by atoms with Gasteiger partial charge in [0.2, 0.25) is 0 Å². The molecule has 0 spiro atoms. The maximum Gasteiger partial charge on any atom is 0.354 e. The fourth-order valence-electron chi connectivity index (χ4n) is 1.40. The van der Waals surface area contributed by atoms with Crippen LogP contribution in [-0.2, 0) is 9.53 Å². The molecule has 2 amide bonds. The highest BCUT2D eigenvalue weighted by Crippen LogP contribution is 2.16. The summed E-state index contributed by atoms with van der Waals surface area (Å²) in [6.07, 6.45) is 0.0435. The molecule has 0 saturated heterocycles. The van der Waals surface area contributed by atoms with E-state index in [1.165, 1.54) is 13.2 Å². The summed E-state index contributed by atoms with van der Waals surface area (Å²) in [6, 6.07) is 0.911. The van der Waals surface area contributed by atoms with Crippen LogP contribution in [0.4, 0.5) is 10.5 Å². The molecular formula is C11H15N3O5. The quantitative estimate of drug-likeness (QED) is 0.586. The van der Waals surface area contributed by atoms with Gasteiger partial charge in [-0.3, -0.25) is 4.79 Å². The standard InChI is InChI=1S/C11H15N3O5/c1-6-5-7(9(13-6)10(16)17)14-11(18)12-4-3-8(15)19-2/h5,13H,3-4H2,1-2H3,(H,16,17)(H2,12,14,18). The van der Waals surface area contributed by atoms with Gasteiger partial charge < -0.3 is 25.5 Å². The van der Waals surface area contributed by atoms with Gasteiger partial charge in [-0.05, 0) is 13.0 Å². The maximum absolute atomic E-state index is 11.5. The number of urea groups is 1. The molecule has 8 nitrogen and oxygen atoms in total. The molecule has 1 heterocycles. The molecule has 0 atom stereocenters. The lowest BCUT2D eigenvalue weighted by Gasteiger charge is -2.06. The largest absolute Gasteiger partial charge is 0.477 e. The molecule has 0 aliphatic carbocycles. The smallest absolute Gasteiger partial charge is 0.354 e. The molecule has 0 bridgehead atoms. The molecule has 0 unspecified atom stereocenters. The number of ether oxygens (including phenoxy) is 1. The van der Waals surface area contributed by atoms with Gasteiger partial charge in [-0.1, -0.05) is 0 Å². The average Bonchev–Trinajstić information content (AvgIpc) is 2.70. The summed E-state index contributed by atoms with van der Waals surface area (Å²) in [5.41, 5.74) is 0.684. The van der Waals surface area contributed by atoms with E-state index in [2.05, 4.69) is 20.4 Å². The highest BCUT2D eigenvalue weighted by molar-refractivity contribution is 5.99. The van der Waals surface area contributed by atoms with Gasteiger partial charge in [0.05, 0.1) is 19.2 Å². The normalized spacial score (nSPS) is 9.79. The van der Waals surface area contributed by atoms with Gasteiger partial charge in [-0.2, -0.15) is 0 Å². The average molecular weight is 269 g/mol. The van der Waals surface area contributed by atoms with E-state index in [9.17, 15) is 14.4 Å². The predicted octanol–water partition coefficient (Wildman–Crippen LogP) is 0.706. The van der Waals surface area contributed by atoms with Gasteiger partial charge in [-0.25, -0.2) is 9.59 Å². The van der Waals surface area contributed by atoms with Crippen LogP contribution in [-0.4, -0.2) is 41.7 Å². The fourth-order valence-corrected chi connectivity index (χ4v) is 1.40. The minimum absolute atomic E-state index is 0.0435. The molecule has 4 N–H and O–H groups in total. The van der Waals surface area contributed by atoms with E-state index in [1.807, 2.05) is 0 Å². The van der Waals surface area contributed by atoms with Gasteiger partial charge in [0, 0.05) is 12.2 Å². The van der Waals surface area contributed by atoms with Gasteiger partial charge in [0.1, 0.15) is 5.69 Å². The van der Waals surface area contributed by atoms with E-state index in [1.54, 1.807) is 6.92 Å². The molecular weight excluding hydrogens is 254 g/mol. The Morgan fingerprint density at radius 3 is 2.68 bits per heavy atom. The Bertz CT molecular complexity index is 495. The van der Waals surface area contributed by atoms with E-state index < -0.39 is 18.0 Å². The Morgan fingerprint density at radius 2 is 2.11 bits per heavy atom. The van der Waals surface area contributed by atoms with E-state index in [-0.39, 0.29) is 24.3 Å². The minimum Gasteiger partial charge on any atom is -0.477 e. The number of esters is 1. The van der Waals surface area contributed by atoms with Crippen LogP contribution in [0.25, 0.3) is 0 Å². The van der Waals surface area contributed by atoms with Gasteiger partial charge >= 0.3 is 18.0 Å². The topological polar surface area (TPSA) is 121 Å². The van der Waals surface area contributed by atoms with Crippen molar-refractivity contribution in [1.82, 2.24) is 10.3 Å². The molecule has 0 aromatic carbocycles. The molecule has 0 fully saturated rings. The van der Waals surface area contributed by atoms with Crippen molar-refractivity contribution in [3.8, 4) is 0 Å². The molecule has 104 valence electrons. The summed E-state index contributed by atoms with van der Waals surface area (Å²) in [6.45, 7) is 1.77. The first kappa shape index (κ1) is 14.6. The Morgan fingerprint density at radius 1 is 1.42 bits per heavy atom. The van der Waals surface area contributed by atoms with Crippen LogP contribution in [0, 0.1) is 6.92 Å². The molecule has 8 heteroatoms. The SMILES string of the molecule is COC(=O)CCNC(=O)Nc1cc(C)[nH]c1C(=O)O.